The second-order valence-electron chi connectivity index (χ2n) is 7.98. The van der Waals surface area contributed by atoms with Crippen LogP contribution in [0, 0.1) is 6.92 Å². The number of fused-ring (bicyclic) bond motifs is 5. The molecule has 0 saturated heterocycles. The molecule has 0 unspecified atom stereocenters. The molecule has 0 aliphatic heterocycles. The van der Waals surface area contributed by atoms with Gasteiger partial charge in [0.05, 0.1) is 22.1 Å². The molecule has 0 radical (unpaired) electrons. The quantitative estimate of drug-likeness (QED) is 0.357. The number of rotatable bonds is 3. The lowest BCUT2D eigenvalue weighted by atomic mass is 9.99. The van der Waals surface area contributed by atoms with Crippen LogP contribution in [-0.4, -0.2) is 14.0 Å². The molecule has 6 rings (SSSR count). The van der Waals surface area contributed by atoms with Crippen molar-refractivity contribution in [1.29, 1.82) is 0 Å². The van der Waals surface area contributed by atoms with Crippen LogP contribution >= 0.6 is 0 Å². The van der Waals surface area contributed by atoms with Crippen LogP contribution in [-0.2, 0) is 7.05 Å². The maximum absolute atomic E-state index is 4.83. The first-order valence-corrected chi connectivity index (χ1v) is 10.5. The largest absolute Gasteiger partial charge is 0.355 e. The fraction of sp³-hybridized carbons (Fsp3) is 0.0741. The zero-order chi connectivity index (χ0) is 20.9. The highest BCUT2D eigenvalue weighted by atomic mass is 15.2. The molecule has 0 spiro atoms. The lowest BCUT2D eigenvalue weighted by Crippen LogP contribution is -1.95. The third kappa shape index (κ3) is 2.72. The Hall–Kier alpha value is -4.05. The van der Waals surface area contributed by atoms with Crippen molar-refractivity contribution in [2.45, 2.75) is 6.92 Å². The van der Waals surface area contributed by atoms with E-state index in [1.165, 1.54) is 16.7 Å². The Morgan fingerprint density at radius 1 is 0.710 bits per heavy atom. The fourth-order valence-electron chi connectivity index (χ4n) is 4.51. The summed E-state index contributed by atoms with van der Waals surface area (Å²) >= 11 is 0. The van der Waals surface area contributed by atoms with E-state index >= 15 is 0 Å². The molecule has 6 aromatic rings. The Labute approximate surface area is 180 Å². The molecule has 0 bridgehead atoms. The summed E-state index contributed by atoms with van der Waals surface area (Å²) in [7, 11) is 2.07. The molecule has 0 aliphatic carbocycles. The van der Waals surface area contributed by atoms with Gasteiger partial charge in [-0.1, -0.05) is 54.6 Å². The summed E-state index contributed by atoms with van der Waals surface area (Å²) in [5, 5.41) is 3.66. The van der Waals surface area contributed by atoms with Crippen LogP contribution in [0.4, 0.5) is 11.4 Å². The molecule has 0 aliphatic rings. The predicted octanol–water partition coefficient (Wildman–Crippen LogP) is 6.70. The monoisotopic (exact) mass is 402 g/mol. The van der Waals surface area contributed by atoms with E-state index in [-0.39, 0.29) is 0 Å². The molecule has 4 aromatic carbocycles. The molecule has 0 amide bonds. The van der Waals surface area contributed by atoms with Crippen molar-refractivity contribution >= 4 is 39.2 Å². The van der Waals surface area contributed by atoms with Crippen LogP contribution in [0.15, 0.2) is 91.0 Å². The van der Waals surface area contributed by atoms with Crippen molar-refractivity contribution in [2.75, 3.05) is 5.32 Å². The van der Waals surface area contributed by atoms with Gasteiger partial charge in [0.25, 0.3) is 0 Å². The van der Waals surface area contributed by atoms with E-state index in [9.17, 15) is 0 Å². The first kappa shape index (κ1) is 17.8. The topological polar surface area (TPSA) is 34.3 Å². The van der Waals surface area contributed by atoms with Gasteiger partial charge in [-0.3, -0.25) is 4.40 Å². The van der Waals surface area contributed by atoms with E-state index in [0.29, 0.717) is 0 Å². The minimum absolute atomic E-state index is 0.952. The average Bonchev–Trinajstić information content (AvgIpc) is 3.30. The minimum atomic E-state index is 0.952. The van der Waals surface area contributed by atoms with Crippen LogP contribution in [0.5, 0.6) is 0 Å². The normalized spacial score (nSPS) is 11.5. The molecule has 4 heteroatoms. The number of anilines is 2. The van der Waals surface area contributed by atoms with Gasteiger partial charge in [-0.25, -0.2) is 4.98 Å². The smallest absolute Gasteiger partial charge is 0.215 e. The number of aryl methyl sites for hydroxylation is 2. The van der Waals surface area contributed by atoms with E-state index in [0.717, 1.165) is 39.2 Å². The van der Waals surface area contributed by atoms with Crippen molar-refractivity contribution in [3.63, 3.8) is 0 Å². The van der Waals surface area contributed by atoms with Gasteiger partial charge in [-0.15, -0.1) is 0 Å². The third-order valence-electron chi connectivity index (χ3n) is 6.06. The highest BCUT2D eigenvalue weighted by Gasteiger charge is 2.14. The summed E-state index contributed by atoms with van der Waals surface area (Å²) in [6, 6.07) is 31.8. The van der Waals surface area contributed by atoms with Gasteiger partial charge in [0.2, 0.25) is 5.78 Å². The number of nitrogens with one attached hydrogen (secondary N) is 1. The van der Waals surface area contributed by atoms with E-state index in [4.69, 9.17) is 4.98 Å². The Morgan fingerprint density at radius 3 is 2.32 bits per heavy atom. The molecule has 150 valence electrons. The Morgan fingerprint density at radius 2 is 1.45 bits per heavy atom. The summed E-state index contributed by atoms with van der Waals surface area (Å²) in [4.78, 5) is 4.83. The third-order valence-corrected chi connectivity index (χ3v) is 6.06. The van der Waals surface area contributed by atoms with Gasteiger partial charge in [0, 0.05) is 24.0 Å². The summed E-state index contributed by atoms with van der Waals surface area (Å²) in [5.41, 5.74) is 10.3. The average molecular weight is 403 g/mol. The van der Waals surface area contributed by atoms with Crippen molar-refractivity contribution < 1.29 is 0 Å². The molecular formula is C27H22N4. The Kier molecular flexibility index (Phi) is 3.87. The zero-order valence-electron chi connectivity index (χ0n) is 17.5. The molecular weight excluding hydrogens is 380 g/mol. The van der Waals surface area contributed by atoms with Crippen LogP contribution in [0.25, 0.3) is 39.0 Å². The summed E-state index contributed by atoms with van der Waals surface area (Å²) in [6.45, 7) is 2.16. The number of para-hydroxylation sites is 3. The standard InChI is InChI=1S/C27H22N4/c1-18-9-3-4-10-20(18)21-11-5-6-12-22(21)28-19-15-16-25-26(17-19)31-24-14-8-7-13-23(24)29-27(31)30(25)2/h3-17,28H,1-2H3. The maximum Gasteiger partial charge on any atom is 0.215 e. The lowest BCUT2D eigenvalue weighted by Gasteiger charge is -2.14. The highest BCUT2D eigenvalue weighted by molar-refractivity contribution is 5.93. The van der Waals surface area contributed by atoms with E-state index in [1.54, 1.807) is 0 Å². The number of aromatic nitrogens is 3. The molecule has 2 heterocycles. The number of benzene rings is 4. The Balaban J connectivity index is 1.51. The SMILES string of the molecule is Cc1ccccc1-c1ccccc1Nc1ccc2c(c1)n1c3ccccc3nc1n2C. The van der Waals surface area contributed by atoms with E-state index in [1.807, 2.05) is 6.07 Å². The number of nitrogens with zero attached hydrogens (tertiary/aromatic N) is 3. The molecule has 2 aromatic heterocycles. The van der Waals surface area contributed by atoms with Crippen LogP contribution < -0.4 is 5.32 Å². The van der Waals surface area contributed by atoms with Gasteiger partial charge in [0.1, 0.15) is 0 Å². The van der Waals surface area contributed by atoms with Crippen LogP contribution in [0.2, 0.25) is 0 Å². The van der Waals surface area contributed by atoms with Crippen molar-refractivity contribution in [1.82, 2.24) is 14.0 Å². The van der Waals surface area contributed by atoms with Gasteiger partial charge < -0.3 is 9.88 Å². The van der Waals surface area contributed by atoms with Crippen LogP contribution in [0.3, 0.4) is 0 Å². The number of hydrogen-bond donors (Lipinski definition) is 1. The zero-order valence-corrected chi connectivity index (χ0v) is 17.5. The van der Waals surface area contributed by atoms with Crippen molar-refractivity contribution in [3.05, 3.63) is 96.6 Å². The minimum Gasteiger partial charge on any atom is -0.355 e. The molecule has 1 N–H and O–H groups in total. The van der Waals surface area contributed by atoms with E-state index < -0.39 is 0 Å². The first-order chi connectivity index (χ1) is 15.2. The van der Waals surface area contributed by atoms with E-state index in [2.05, 4.69) is 113 Å². The second-order valence-corrected chi connectivity index (χ2v) is 7.98. The number of imidazole rings is 2. The van der Waals surface area contributed by atoms with Gasteiger partial charge in [-0.05, 0) is 54.4 Å². The summed E-state index contributed by atoms with van der Waals surface area (Å²) < 4.78 is 4.39. The second kappa shape index (κ2) is 6.74. The van der Waals surface area contributed by atoms with Crippen molar-refractivity contribution in [2.24, 2.45) is 7.05 Å². The number of hydrogen-bond acceptors (Lipinski definition) is 2. The molecule has 31 heavy (non-hydrogen) atoms. The highest BCUT2D eigenvalue weighted by Crippen LogP contribution is 2.34. The molecule has 0 atom stereocenters. The predicted molar refractivity (Wildman–Crippen MR) is 129 cm³/mol. The van der Waals surface area contributed by atoms with Gasteiger partial charge in [-0.2, -0.15) is 0 Å². The molecule has 4 nitrogen and oxygen atoms in total. The van der Waals surface area contributed by atoms with Crippen LogP contribution in [0.1, 0.15) is 5.56 Å². The Bertz CT molecular complexity index is 1590. The summed E-state index contributed by atoms with van der Waals surface area (Å²) in [6.07, 6.45) is 0. The van der Waals surface area contributed by atoms with Crippen molar-refractivity contribution in [3.8, 4) is 11.1 Å². The lowest BCUT2D eigenvalue weighted by molar-refractivity contribution is 0.974. The van der Waals surface area contributed by atoms with Gasteiger partial charge >= 0.3 is 0 Å². The molecule has 0 fully saturated rings. The van der Waals surface area contributed by atoms with Gasteiger partial charge in [0.15, 0.2) is 0 Å². The maximum atomic E-state index is 4.83. The summed E-state index contributed by atoms with van der Waals surface area (Å²) in [5.74, 6) is 0.952. The fourth-order valence-corrected chi connectivity index (χ4v) is 4.51. The first-order valence-electron chi connectivity index (χ1n) is 10.5. The molecule has 0 saturated carbocycles.